The maximum absolute atomic E-state index is 14.0. The molecule has 6 nitrogen and oxygen atoms in total. The Hall–Kier alpha value is -2.57. The lowest BCUT2D eigenvalue weighted by Crippen LogP contribution is -2.50. The van der Waals surface area contributed by atoms with Crippen molar-refractivity contribution < 1.29 is 9.18 Å². The number of aryl methyl sites for hydroxylation is 1. The number of para-hydroxylation sites is 1. The van der Waals surface area contributed by atoms with E-state index in [0.29, 0.717) is 43.8 Å². The third kappa shape index (κ3) is 3.77. The first kappa shape index (κ1) is 17.8. The number of aromatic nitrogens is 2. The number of hydrogen-bond acceptors (Lipinski definition) is 3. The molecule has 2 aliphatic rings. The summed E-state index contributed by atoms with van der Waals surface area (Å²) in [6.07, 6.45) is 2.46. The number of rotatable bonds is 4. The second-order valence-corrected chi connectivity index (χ2v) is 7.55. The molecule has 27 heavy (non-hydrogen) atoms. The van der Waals surface area contributed by atoms with Crippen LogP contribution in [0, 0.1) is 18.7 Å². The molecule has 1 aromatic heterocycles. The van der Waals surface area contributed by atoms with Gasteiger partial charge in [-0.05, 0) is 44.7 Å². The molecule has 1 aliphatic heterocycles. The van der Waals surface area contributed by atoms with Gasteiger partial charge in [0, 0.05) is 32.2 Å². The molecule has 2 aromatic rings. The first-order valence-electron chi connectivity index (χ1n) is 9.64. The van der Waals surface area contributed by atoms with Gasteiger partial charge in [0.25, 0.3) is 0 Å². The third-order valence-corrected chi connectivity index (χ3v) is 5.54. The molecule has 4 rings (SSSR count). The second kappa shape index (κ2) is 7.21. The minimum absolute atomic E-state index is 0.118. The Morgan fingerprint density at radius 2 is 1.93 bits per heavy atom. The molecule has 2 fully saturated rings. The zero-order valence-electron chi connectivity index (χ0n) is 15.9. The molecule has 1 saturated carbocycles. The van der Waals surface area contributed by atoms with Crippen LogP contribution in [0.25, 0.3) is 0 Å². The molecule has 144 valence electrons. The Bertz CT molecular complexity index is 824. The van der Waals surface area contributed by atoms with Crippen LogP contribution in [-0.4, -0.2) is 46.9 Å². The van der Waals surface area contributed by atoms with E-state index < -0.39 is 0 Å². The highest BCUT2D eigenvalue weighted by Gasteiger charge is 2.31. The quantitative estimate of drug-likeness (QED) is 0.892. The van der Waals surface area contributed by atoms with Crippen molar-refractivity contribution in [1.29, 1.82) is 0 Å². The summed E-state index contributed by atoms with van der Waals surface area (Å²) >= 11 is 0. The maximum Gasteiger partial charge on any atom is 0.323 e. The number of carbonyl (C=O) groups excluding carboxylic acids is 1. The van der Waals surface area contributed by atoms with Gasteiger partial charge in [-0.2, -0.15) is 5.10 Å². The summed E-state index contributed by atoms with van der Waals surface area (Å²) in [5.41, 5.74) is 1.51. The summed E-state index contributed by atoms with van der Waals surface area (Å²) in [6.45, 7) is 6.46. The van der Waals surface area contributed by atoms with E-state index in [4.69, 9.17) is 0 Å². The normalized spacial score (nSPS) is 18.5. The van der Waals surface area contributed by atoms with E-state index in [1.165, 1.54) is 18.9 Å². The summed E-state index contributed by atoms with van der Waals surface area (Å²) in [7, 11) is 0. The molecular formula is C20H26FN5O. The number of nitrogens with zero attached hydrogens (tertiary/aromatic N) is 4. The van der Waals surface area contributed by atoms with Gasteiger partial charge in [0.15, 0.2) is 0 Å². The van der Waals surface area contributed by atoms with E-state index in [1.807, 2.05) is 28.6 Å². The summed E-state index contributed by atoms with van der Waals surface area (Å²) < 4.78 is 15.9. The van der Waals surface area contributed by atoms with Crippen molar-refractivity contribution in [2.45, 2.75) is 32.7 Å². The average Bonchev–Trinajstić information content (AvgIpc) is 3.45. The van der Waals surface area contributed by atoms with Crippen LogP contribution in [0.2, 0.25) is 0 Å². The lowest BCUT2D eigenvalue weighted by molar-refractivity contribution is 0.207. The third-order valence-electron chi connectivity index (χ3n) is 5.54. The average molecular weight is 371 g/mol. The zero-order valence-corrected chi connectivity index (χ0v) is 15.9. The minimum Gasteiger partial charge on any atom is -0.366 e. The first-order chi connectivity index (χ1) is 13.0. The number of carbonyl (C=O) groups is 1. The number of hydrogen-bond donors (Lipinski definition) is 1. The number of amides is 2. The van der Waals surface area contributed by atoms with Crippen LogP contribution in [0.5, 0.6) is 0 Å². The van der Waals surface area contributed by atoms with Crippen LogP contribution in [0.1, 0.15) is 31.5 Å². The molecule has 1 aliphatic carbocycles. The first-order valence-corrected chi connectivity index (χ1v) is 9.64. The minimum atomic E-state index is -0.219. The van der Waals surface area contributed by atoms with Crippen molar-refractivity contribution in [1.82, 2.24) is 14.7 Å². The topological polar surface area (TPSA) is 53.4 Å². The zero-order chi connectivity index (χ0) is 19.0. The largest absolute Gasteiger partial charge is 0.366 e. The van der Waals surface area contributed by atoms with E-state index in [9.17, 15) is 9.18 Å². The van der Waals surface area contributed by atoms with Crippen molar-refractivity contribution in [2.75, 3.05) is 36.4 Å². The lowest BCUT2D eigenvalue weighted by atomic mass is 10.2. The Balaban J connectivity index is 1.38. The number of nitrogens with one attached hydrogen (secondary N) is 1. The summed E-state index contributed by atoms with van der Waals surface area (Å²) in [5, 5.41) is 7.59. The second-order valence-electron chi connectivity index (χ2n) is 7.55. The van der Waals surface area contributed by atoms with Crippen molar-refractivity contribution >= 4 is 17.5 Å². The molecule has 1 saturated heterocycles. The number of halogens is 1. The molecule has 1 atom stereocenters. The molecule has 0 radical (unpaired) electrons. The number of urea groups is 1. The molecule has 7 heteroatoms. The monoisotopic (exact) mass is 371 g/mol. The van der Waals surface area contributed by atoms with Gasteiger partial charge in [0.2, 0.25) is 0 Å². The SMILES string of the molecule is Cc1cc(NC(=O)N2CCN(c3ccccc3F)CC2)n([C@H](C)C2CC2)n1. The molecular weight excluding hydrogens is 345 g/mol. The number of piperazine rings is 1. The van der Waals surface area contributed by atoms with Gasteiger partial charge in [0.1, 0.15) is 11.6 Å². The molecule has 1 aromatic carbocycles. The Morgan fingerprint density at radius 3 is 2.59 bits per heavy atom. The fraction of sp³-hybridized carbons (Fsp3) is 0.500. The molecule has 0 spiro atoms. The van der Waals surface area contributed by atoms with Crippen LogP contribution in [0.3, 0.4) is 0 Å². The summed E-state index contributed by atoms with van der Waals surface area (Å²) in [5.74, 6) is 1.20. The van der Waals surface area contributed by atoms with Gasteiger partial charge in [-0.25, -0.2) is 13.9 Å². The lowest BCUT2D eigenvalue weighted by Gasteiger charge is -2.36. The van der Waals surface area contributed by atoms with Gasteiger partial charge in [0.05, 0.1) is 17.4 Å². The van der Waals surface area contributed by atoms with Crippen LogP contribution in [-0.2, 0) is 0 Å². The standard InChI is InChI=1S/C20H26FN5O/c1-14-13-19(26(23-14)15(2)16-7-8-16)22-20(27)25-11-9-24(10-12-25)18-6-4-3-5-17(18)21/h3-6,13,15-16H,7-12H2,1-2H3,(H,22,27)/t15-/m1/s1. The highest BCUT2D eigenvalue weighted by molar-refractivity contribution is 5.88. The Morgan fingerprint density at radius 1 is 1.22 bits per heavy atom. The highest BCUT2D eigenvalue weighted by atomic mass is 19.1. The molecule has 0 bridgehead atoms. The van der Waals surface area contributed by atoms with Gasteiger partial charge in [-0.15, -0.1) is 0 Å². The predicted octanol–water partition coefficient (Wildman–Crippen LogP) is 3.66. The van der Waals surface area contributed by atoms with E-state index in [-0.39, 0.29) is 11.8 Å². The van der Waals surface area contributed by atoms with Gasteiger partial charge in [-0.3, -0.25) is 5.32 Å². The smallest absolute Gasteiger partial charge is 0.323 e. The fourth-order valence-corrected chi connectivity index (χ4v) is 3.75. The number of anilines is 2. The summed E-state index contributed by atoms with van der Waals surface area (Å²) in [6, 6.07) is 8.88. The maximum atomic E-state index is 14.0. The molecule has 1 N–H and O–H groups in total. The van der Waals surface area contributed by atoms with Crippen molar-refractivity contribution in [3.8, 4) is 0 Å². The molecule has 0 unspecified atom stereocenters. The van der Waals surface area contributed by atoms with Crippen molar-refractivity contribution in [3.05, 3.63) is 41.8 Å². The highest BCUT2D eigenvalue weighted by Crippen LogP contribution is 2.40. The molecule has 2 amide bonds. The van der Waals surface area contributed by atoms with Gasteiger partial charge >= 0.3 is 6.03 Å². The van der Waals surface area contributed by atoms with Crippen LogP contribution in [0.15, 0.2) is 30.3 Å². The van der Waals surface area contributed by atoms with Gasteiger partial charge < -0.3 is 9.80 Å². The van der Waals surface area contributed by atoms with E-state index >= 15 is 0 Å². The van der Waals surface area contributed by atoms with E-state index in [2.05, 4.69) is 17.3 Å². The van der Waals surface area contributed by atoms with Crippen molar-refractivity contribution in [2.24, 2.45) is 5.92 Å². The van der Waals surface area contributed by atoms with Crippen molar-refractivity contribution in [3.63, 3.8) is 0 Å². The fourth-order valence-electron chi connectivity index (χ4n) is 3.75. The Kier molecular flexibility index (Phi) is 4.76. The predicted molar refractivity (Wildman–Crippen MR) is 104 cm³/mol. The number of benzene rings is 1. The van der Waals surface area contributed by atoms with E-state index in [1.54, 1.807) is 17.0 Å². The Labute approximate surface area is 158 Å². The van der Waals surface area contributed by atoms with Crippen LogP contribution in [0.4, 0.5) is 20.7 Å². The van der Waals surface area contributed by atoms with E-state index in [0.717, 1.165) is 11.5 Å². The van der Waals surface area contributed by atoms with Gasteiger partial charge in [-0.1, -0.05) is 12.1 Å². The van der Waals surface area contributed by atoms with Crippen LogP contribution >= 0.6 is 0 Å². The summed E-state index contributed by atoms with van der Waals surface area (Å²) in [4.78, 5) is 16.5. The molecule has 2 heterocycles. The van der Waals surface area contributed by atoms with Crippen LogP contribution < -0.4 is 10.2 Å².